The van der Waals surface area contributed by atoms with Crippen molar-refractivity contribution in [2.75, 3.05) is 26.7 Å². The van der Waals surface area contributed by atoms with Gasteiger partial charge in [-0.2, -0.15) is 5.10 Å². The van der Waals surface area contributed by atoms with Gasteiger partial charge in [0.05, 0.1) is 16.8 Å². The number of amides is 1. The molecule has 0 bridgehead atoms. The van der Waals surface area contributed by atoms with Crippen molar-refractivity contribution in [1.29, 1.82) is 0 Å². The second-order valence-electron chi connectivity index (χ2n) is 9.55. The molecular formula is C23H26Cl2N4O2. The van der Waals surface area contributed by atoms with Crippen molar-refractivity contribution in [3.63, 3.8) is 0 Å². The minimum Gasteiger partial charge on any atom is -0.337 e. The molecule has 31 heavy (non-hydrogen) atoms. The lowest BCUT2D eigenvalue weighted by molar-refractivity contribution is -0.0937. The zero-order valence-electron chi connectivity index (χ0n) is 17.6. The Morgan fingerprint density at radius 2 is 1.97 bits per heavy atom. The first-order valence-electron chi connectivity index (χ1n) is 10.9. The van der Waals surface area contributed by atoms with Crippen molar-refractivity contribution in [2.24, 2.45) is 11.3 Å². The first-order chi connectivity index (χ1) is 14.8. The summed E-state index contributed by atoms with van der Waals surface area (Å²) in [6, 6.07) is 4.00. The topological polar surface area (TPSA) is 69.3 Å². The number of H-pyrrole nitrogens is 1. The van der Waals surface area contributed by atoms with Gasteiger partial charge in [0.2, 0.25) is 0 Å². The van der Waals surface area contributed by atoms with Gasteiger partial charge in [-0.05, 0) is 72.7 Å². The third-order valence-electron chi connectivity index (χ3n) is 7.17. The molecule has 3 heterocycles. The molecule has 1 saturated carbocycles. The molecule has 5 rings (SSSR count). The quantitative estimate of drug-likeness (QED) is 0.715. The highest BCUT2D eigenvalue weighted by Gasteiger charge is 2.51. The molecule has 1 N–H and O–H groups in total. The van der Waals surface area contributed by atoms with Crippen LogP contribution in [0.25, 0.3) is 0 Å². The maximum absolute atomic E-state index is 12.4. The minimum atomic E-state index is -0.315. The summed E-state index contributed by atoms with van der Waals surface area (Å²) in [6.45, 7) is 4.01. The highest BCUT2D eigenvalue weighted by atomic mass is 35.5. The number of likely N-dealkylation sites (tertiary alicyclic amines) is 1. The Morgan fingerprint density at radius 1 is 1.19 bits per heavy atom. The van der Waals surface area contributed by atoms with E-state index in [1.54, 1.807) is 11.1 Å². The molecule has 2 aromatic rings. The first kappa shape index (κ1) is 21.0. The van der Waals surface area contributed by atoms with E-state index in [1.807, 2.05) is 13.1 Å². The first-order valence-corrected chi connectivity index (χ1v) is 11.6. The average molecular weight is 461 g/mol. The number of aromatic nitrogens is 2. The third-order valence-corrected chi connectivity index (χ3v) is 7.90. The van der Waals surface area contributed by atoms with Crippen LogP contribution >= 0.6 is 23.2 Å². The number of rotatable bonds is 6. The van der Waals surface area contributed by atoms with E-state index in [0.29, 0.717) is 28.5 Å². The largest absolute Gasteiger partial charge is 0.337 e. The standard InChI is InChI=1S/C23H26Cl2N4O2/c1-28-11-17-15(4-5-18(24)19(17)22(28)31)7-14-8-23(9-14)12-29(13-23)6-2-3-16-10-26-27-21(30)20(16)25/h4-5,10,14H,2-3,6-9,11-13H2,1H3,(H,27,30). The smallest absolute Gasteiger partial charge is 0.283 e. The summed E-state index contributed by atoms with van der Waals surface area (Å²) in [5, 5.41) is 7.03. The van der Waals surface area contributed by atoms with Gasteiger partial charge in [0.25, 0.3) is 11.5 Å². The van der Waals surface area contributed by atoms with E-state index in [2.05, 4.69) is 21.2 Å². The van der Waals surface area contributed by atoms with Gasteiger partial charge in [-0.1, -0.05) is 29.3 Å². The van der Waals surface area contributed by atoms with Gasteiger partial charge < -0.3 is 9.80 Å². The number of hydrogen-bond donors (Lipinski definition) is 1. The van der Waals surface area contributed by atoms with Crippen molar-refractivity contribution >= 4 is 29.1 Å². The minimum absolute atomic E-state index is 0.0405. The van der Waals surface area contributed by atoms with Gasteiger partial charge in [0.1, 0.15) is 5.02 Å². The van der Waals surface area contributed by atoms with Gasteiger partial charge >= 0.3 is 0 Å². The van der Waals surface area contributed by atoms with Crippen LogP contribution in [0, 0.1) is 11.3 Å². The fourth-order valence-corrected chi connectivity index (χ4v) is 6.24. The van der Waals surface area contributed by atoms with Gasteiger partial charge in [0.15, 0.2) is 0 Å². The van der Waals surface area contributed by atoms with E-state index in [9.17, 15) is 9.59 Å². The number of halogens is 2. The summed E-state index contributed by atoms with van der Waals surface area (Å²) >= 11 is 12.3. The molecule has 0 atom stereocenters. The molecule has 8 heteroatoms. The molecule has 3 aliphatic rings. The van der Waals surface area contributed by atoms with Crippen molar-refractivity contribution in [1.82, 2.24) is 20.0 Å². The molecule has 1 aromatic carbocycles. The Kier molecular flexibility index (Phi) is 5.35. The average Bonchev–Trinajstić information content (AvgIpc) is 2.98. The molecule has 1 aliphatic carbocycles. The maximum Gasteiger partial charge on any atom is 0.283 e. The van der Waals surface area contributed by atoms with Crippen LogP contribution in [-0.2, 0) is 19.4 Å². The molecule has 2 aliphatic heterocycles. The molecule has 1 saturated heterocycles. The van der Waals surface area contributed by atoms with Crippen LogP contribution in [0.1, 0.15) is 46.3 Å². The van der Waals surface area contributed by atoms with Gasteiger partial charge in [-0.15, -0.1) is 0 Å². The van der Waals surface area contributed by atoms with E-state index in [-0.39, 0.29) is 16.5 Å². The SMILES string of the molecule is CN1Cc2c(CC3CC4(C3)CN(CCCc3cn[nH]c(=O)c3Cl)C4)ccc(Cl)c2C1=O. The molecule has 0 radical (unpaired) electrons. The van der Waals surface area contributed by atoms with Crippen LogP contribution in [0.3, 0.4) is 0 Å². The number of carbonyl (C=O) groups excluding carboxylic acids is 1. The summed E-state index contributed by atoms with van der Waals surface area (Å²) in [7, 11) is 1.84. The Hall–Kier alpha value is -1.89. The Morgan fingerprint density at radius 3 is 2.74 bits per heavy atom. The monoisotopic (exact) mass is 460 g/mol. The summed E-state index contributed by atoms with van der Waals surface area (Å²) in [4.78, 5) is 28.1. The molecule has 1 spiro atoms. The van der Waals surface area contributed by atoms with Crippen LogP contribution in [0.4, 0.5) is 0 Å². The lowest BCUT2D eigenvalue weighted by atomic mass is 9.56. The van der Waals surface area contributed by atoms with Crippen molar-refractivity contribution in [2.45, 2.75) is 38.6 Å². The number of nitrogens with zero attached hydrogens (tertiary/aromatic N) is 3. The van der Waals surface area contributed by atoms with E-state index in [1.165, 1.54) is 18.4 Å². The molecule has 2 fully saturated rings. The van der Waals surface area contributed by atoms with Crippen molar-refractivity contribution in [3.8, 4) is 0 Å². The van der Waals surface area contributed by atoms with E-state index >= 15 is 0 Å². The number of hydrogen-bond acceptors (Lipinski definition) is 4. The molecule has 1 aromatic heterocycles. The molecular weight excluding hydrogens is 435 g/mol. The summed E-state index contributed by atoms with van der Waals surface area (Å²) in [5.74, 6) is 0.730. The van der Waals surface area contributed by atoms with Gasteiger partial charge in [-0.25, -0.2) is 5.10 Å². The number of fused-ring (bicyclic) bond motifs is 1. The highest BCUT2D eigenvalue weighted by molar-refractivity contribution is 6.34. The maximum atomic E-state index is 12.4. The predicted molar refractivity (Wildman–Crippen MR) is 121 cm³/mol. The van der Waals surface area contributed by atoms with Crippen molar-refractivity contribution < 1.29 is 4.79 Å². The number of aryl methyl sites for hydroxylation is 1. The van der Waals surface area contributed by atoms with Crippen molar-refractivity contribution in [3.05, 3.63) is 61.0 Å². The van der Waals surface area contributed by atoms with E-state index in [4.69, 9.17) is 23.2 Å². The lowest BCUT2D eigenvalue weighted by Crippen LogP contribution is -2.62. The summed E-state index contributed by atoms with van der Waals surface area (Å²) in [6.07, 6.45) is 6.95. The fraction of sp³-hybridized carbons (Fsp3) is 0.522. The number of benzene rings is 1. The molecule has 6 nitrogen and oxygen atoms in total. The Bertz CT molecular complexity index is 1090. The molecule has 164 valence electrons. The number of nitrogens with one attached hydrogen (secondary N) is 1. The van der Waals surface area contributed by atoms with Gasteiger partial charge in [-0.3, -0.25) is 9.59 Å². The van der Waals surface area contributed by atoms with Crippen LogP contribution in [0.5, 0.6) is 0 Å². The van der Waals surface area contributed by atoms with Crippen LogP contribution in [0.15, 0.2) is 23.1 Å². The van der Waals surface area contributed by atoms with Crippen LogP contribution < -0.4 is 5.56 Å². The predicted octanol–water partition coefficient (Wildman–Crippen LogP) is 3.55. The van der Waals surface area contributed by atoms with Crippen LogP contribution in [0.2, 0.25) is 10.0 Å². The number of aromatic amines is 1. The zero-order chi connectivity index (χ0) is 21.8. The Labute approximate surface area is 191 Å². The second kappa shape index (κ2) is 7.91. The van der Waals surface area contributed by atoms with E-state index in [0.717, 1.165) is 50.0 Å². The third kappa shape index (κ3) is 3.79. The molecule has 1 amide bonds. The fourth-order valence-electron chi connectivity index (χ4n) is 5.79. The second-order valence-corrected chi connectivity index (χ2v) is 10.3. The summed E-state index contributed by atoms with van der Waals surface area (Å²) in [5.41, 5.74) is 4.12. The molecule has 0 unspecified atom stereocenters. The normalized spacial score (nSPS) is 20.1. The van der Waals surface area contributed by atoms with Crippen LogP contribution in [-0.4, -0.2) is 52.6 Å². The lowest BCUT2D eigenvalue weighted by Gasteiger charge is -2.59. The van der Waals surface area contributed by atoms with Gasteiger partial charge in [0, 0.05) is 26.7 Å². The summed E-state index contributed by atoms with van der Waals surface area (Å²) < 4.78 is 0. The zero-order valence-corrected chi connectivity index (χ0v) is 19.1. The Balaban J connectivity index is 1.10. The van der Waals surface area contributed by atoms with E-state index < -0.39 is 0 Å². The number of carbonyl (C=O) groups is 1. The highest BCUT2D eigenvalue weighted by Crippen LogP contribution is 2.53.